The summed E-state index contributed by atoms with van der Waals surface area (Å²) >= 11 is 1.53. The van der Waals surface area contributed by atoms with Crippen LogP contribution in [-0.4, -0.2) is 54.5 Å². The summed E-state index contributed by atoms with van der Waals surface area (Å²) in [4.78, 5) is 41.4. The Morgan fingerprint density at radius 3 is 2.66 bits per heavy atom. The average Bonchev–Trinajstić information content (AvgIpc) is 3.76. The number of morpholine rings is 1. The molecule has 1 amide bonds. The number of carbonyl (C=O) groups is 2. The lowest BCUT2D eigenvalue weighted by Crippen LogP contribution is -2.36. The van der Waals surface area contributed by atoms with Crippen LogP contribution in [0.15, 0.2) is 60.8 Å². The Hall–Kier alpha value is -3.95. The highest BCUT2D eigenvalue weighted by Gasteiger charge is 2.30. The van der Waals surface area contributed by atoms with Crippen molar-refractivity contribution in [1.29, 1.82) is 0 Å². The predicted molar refractivity (Wildman–Crippen MR) is 157 cm³/mol. The molecule has 1 aliphatic carbocycles. The van der Waals surface area contributed by atoms with Gasteiger partial charge in [0.05, 0.1) is 35.7 Å². The third kappa shape index (κ3) is 5.15. The number of thiophene rings is 1. The van der Waals surface area contributed by atoms with E-state index in [4.69, 9.17) is 4.74 Å². The molecule has 3 aliphatic rings. The number of benzene rings is 1. The molecule has 2 aliphatic heterocycles. The van der Waals surface area contributed by atoms with Crippen molar-refractivity contribution in [3.8, 4) is 21.7 Å². The van der Waals surface area contributed by atoms with Gasteiger partial charge < -0.3 is 14.5 Å². The fourth-order valence-corrected chi connectivity index (χ4v) is 6.75. The number of ketones is 1. The number of aromatic nitrogens is 2. The number of nitrogens with zero attached hydrogens (tertiary/aromatic N) is 4. The zero-order valence-electron chi connectivity index (χ0n) is 22.5. The quantitative estimate of drug-likeness (QED) is 0.264. The molecular weight excluding hydrogens is 539 g/mol. The van der Waals surface area contributed by atoms with E-state index in [-0.39, 0.29) is 17.4 Å². The van der Waals surface area contributed by atoms with Crippen LogP contribution in [-0.2, 0) is 11.2 Å². The molecule has 0 radical (unpaired) electrons. The van der Waals surface area contributed by atoms with Gasteiger partial charge in [-0.3, -0.25) is 9.59 Å². The number of rotatable bonds is 6. The van der Waals surface area contributed by atoms with E-state index in [1.807, 2.05) is 30.3 Å². The summed E-state index contributed by atoms with van der Waals surface area (Å²) in [5.74, 6) is 0.681. The van der Waals surface area contributed by atoms with Crippen molar-refractivity contribution < 1.29 is 18.7 Å². The summed E-state index contributed by atoms with van der Waals surface area (Å²) in [6, 6.07) is 16.7. The highest BCUT2D eigenvalue weighted by atomic mass is 32.1. The van der Waals surface area contributed by atoms with E-state index in [0.717, 1.165) is 39.4 Å². The molecule has 0 atom stereocenters. The summed E-state index contributed by atoms with van der Waals surface area (Å²) in [5, 5.41) is 0. The zero-order chi connectivity index (χ0) is 27.9. The van der Waals surface area contributed by atoms with Gasteiger partial charge in [-0.25, -0.2) is 14.4 Å². The van der Waals surface area contributed by atoms with Crippen molar-refractivity contribution in [1.82, 2.24) is 9.97 Å². The highest BCUT2D eigenvalue weighted by molar-refractivity contribution is 7.17. The molecule has 208 valence electrons. The number of amides is 1. The molecule has 4 aromatic rings. The number of carbonyl (C=O) groups excluding carboxylic acids is 2. The van der Waals surface area contributed by atoms with Crippen LogP contribution >= 0.6 is 11.3 Å². The van der Waals surface area contributed by atoms with Gasteiger partial charge in [-0.05, 0) is 61.1 Å². The highest BCUT2D eigenvalue weighted by Crippen LogP contribution is 2.43. The molecule has 5 heterocycles. The van der Waals surface area contributed by atoms with Crippen LogP contribution in [0.2, 0.25) is 0 Å². The zero-order valence-corrected chi connectivity index (χ0v) is 23.3. The largest absolute Gasteiger partial charge is 0.378 e. The monoisotopic (exact) mass is 568 g/mol. The molecule has 0 N–H and O–H groups in total. The van der Waals surface area contributed by atoms with E-state index >= 15 is 0 Å². The topological polar surface area (TPSA) is 75.6 Å². The maximum atomic E-state index is 15.0. The Morgan fingerprint density at radius 2 is 1.83 bits per heavy atom. The lowest BCUT2D eigenvalue weighted by molar-refractivity contribution is 0.0972. The van der Waals surface area contributed by atoms with E-state index in [1.54, 1.807) is 29.2 Å². The second kappa shape index (κ2) is 10.8. The molecular formula is C32H29FN4O3S. The molecule has 2 fully saturated rings. The minimum absolute atomic E-state index is 0.220. The normalized spacial score (nSPS) is 16.6. The van der Waals surface area contributed by atoms with Gasteiger partial charge in [-0.2, -0.15) is 0 Å². The van der Waals surface area contributed by atoms with Crippen LogP contribution in [0.4, 0.5) is 15.9 Å². The first-order chi connectivity index (χ1) is 20.0. The van der Waals surface area contributed by atoms with Gasteiger partial charge in [0.15, 0.2) is 11.6 Å². The summed E-state index contributed by atoms with van der Waals surface area (Å²) in [5.41, 5.74) is 3.75. The Labute approximate surface area is 241 Å². The molecule has 1 saturated heterocycles. The van der Waals surface area contributed by atoms with Crippen molar-refractivity contribution >= 4 is 34.5 Å². The molecule has 7 rings (SSSR count). The van der Waals surface area contributed by atoms with Crippen molar-refractivity contribution in [3.05, 3.63) is 82.7 Å². The van der Waals surface area contributed by atoms with E-state index in [1.165, 1.54) is 17.5 Å². The van der Waals surface area contributed by atoms with Gasteiger partial charge >= 0.3 is 0 Å². The fraction of sp³-hybridized carbons (Fsp3) is 0.312. The van der Waals surface area contributed by atoms with Crippen LogP contribution in [0.5, 0.6) is 0 Å². The standard InChI is InChI=1S/C32H29FN4O3S/c33-24-19-34-30(36-12-14-40-15-13-36)18-23(24)25-5-3-6-26(35-25)32(39)37-11-10-21-17-29(28(38)16-20-8-9-20)41-31(21)22-4-1-2-7-27(22)37/h1-7,17-20H,8-16H2. The third-order valence-electron chi connectivity index (χ3n) is 7.96. The lowest BCUT2D eigenvalue weighted by atomic mass is 10.1. The maximum absolute atomic E-state index is 15.0. The molecule has 9 heteroatoms. The Kier molecular flexibility index (Phi) is 6.84. The first-order valence-corrected chi connectivity index (χ1v) is 14.9. The number of fused-ring (bicyclic) bond motifs is 3. The Balaban J connectivity index is 1.19. The van der Waals surface area contributed by atoms with Crippen LogP contribution in [0, 0.1) is 11.7 Å². The van der Waals surface area contributed by atoms with E-state index < -0.39 is 5.82 Å². The number of Topliss-reactive ketones (excluding diaryl/α,β-unsaturated/α-hetero) is 1. The number of anilines is 2. The minimum atomic E-state index is -0.490. The van der Waals surface area contributed by atoms with Crippen LogP contribution < -0.4 is 9.80 Å². The summed E-state index contributed by atoms with van der Waals surface area (Å²) in [6.07, 6.45) is 4.76. The molecule has 7 nitrogen and oxygen atoms in total. The van der Waals surface area contributed by atoms with Gasteiger partial charge in [-0.1, -0.05) is 24.3 Å². The van der Waals surface area contributed by atoms with Crippen molar-refractivity contribution in [2.75, 3.05) is 42.6 Å². The fourth-order valence-electron chi connectivity index (χ4n) is 5.56. The number of halogens is 1. The summed E-state index contributed by atoms with van der Waals surface area (Å²) in [6.45, 7) is 3.00. The SMILES string of the molecule is O=C(CC1CC1)c1cc2c(s1)-c1ccccc1N(C(=O)c1cccc(-c3cc(N4CCOCC4)ncc3F)n1)CC2. The Morgan fingerprint density at radius 1 is 1.00 bits per heavy atom. The van der Waals surface area contributed by atoms with Crippen LogP contribution in [0.3, 0.4) is 0 Å². The smallest absolute Gasteiger partial charge is 0.276 e. The minimum Gasteiger partial charge on any atom is -0.378 e. The Bertz CT molecular complexity index is 1640. The number of hydrogen-bond acceptors (Lipinski definition) is 7. The maximum Gasteiger partial charge on any atom is 0.276 e. The average molecular weight is 569 g/mol. The molecule has 1 saturated carbocycles. The second-order valence-corrected chi connectivity index (χ2v) is 11.8. The summed E-state index contributed by atoms with van der Waals surface area (Å²) < 4.78 is 20.4. The number of hydrogen-bond donors (Lipinski definition) is 0. The third-order valence-corrected chi connectivity index (χ3v) is 9.22. The molecule has 0 spiro atoms. The van der Waals surface area contributed by atoms with Crippen molar-refractivity contribution in [2.45, 2.75) is 25.7 Å². The number of ether oxygens (including phenoxy) is 1. The van der Waals surface area contributed by atoms with Gasteiger partial charge in [0.2, 0.25) is 0 Å². The predicted octanol–water partition coefficient (Wildman–Crippen LogP) is 6.03. The van der Waals surface area contributed by atoms with Gasteiger partial charge in [0, 0.05) is 42.1 Å². The van der Waals surface area contributed by atoms with Gasteiger partial charge in [0.1, 0.15) is 11.5 Å². The van der Waals surface area contributed by atoms with Crippen molar-refractivity contribution in [3.63, 3.8) is 0 Å². The van der Waals surface area contributed by atoms with E-state index in [0.29, 0.717) is 68.7 Å². The second-order valence-electron chi connectivity index (χ2n) is 10.8. The van der Waals surface area contributed by atoms with Gasteiger partial charge in [0.25, 0.3) is 5.91 Å². The number of para-hydroxylation sites is 1. The lowest BCUT2D eigenvalue weighted by Gasteiger charge is -2.28. The molecule has 3 aromatic heterocycles. The van der Waals surface area contributed by atoms with Crippen molar-refractivity contribution in [2.24, 2.45) is 5.92 Å². The first-order valence-electron chi connectivity index (χ1n) is 14.1. The molecule has 1 aromatic carbocycles. The van der Waals surface area contributed by atoms with Gasteiger partial charge in [-0.15, -0.1) is 11.3 Å². The van der Waals surface area contributed by atoms with E-state index in [2.05, 4.69) is 14.9 Å². The summed E-state index contributed by atoms with van der Waals surface area (Å²) in [7, 11) is 0. The van der Waals surface area contributed by atoms with E-state index in [9.17, 15) is 14.0 Å². The van der Waals surface area contributed by atoms with Crippen LogP contribution in [0.25, 0.3) is 21.7 Å². The number of pyridine rings is 2. The molecule has 0 unspecified atom stereocenters. The molecule has 41 heavy (non-hydrogen) atoms. The first kappa shape index (κ1) is 26.0. The molecule has 0 bridgehead atoms. The van der Waals surface area contributed by atoms with Crippen LogP contribution in [0.1, 0.15) is 45.0 Å².